The summed E-state index contributed by atoms with van der Waals surface area (Å²) in [6, 6.07) is 7.01. The topological polar surface area (TPSA) is 0 Å². The number of hydrogen-bond donors (Lipinski definition) is 0. The zero-order chi connectivity index (χ0) is 12.6. The van der Waals surface area contributed by atoms with E-state index >= 15 is 0 Å². The second kappa shape index (κ2) is 7.99. The predicted molar refractivity (Wildman–Crippen MR) is 83.1 cm³/mol. The molecule has 0 aromatic heterocycles. The van der Waals surface area contributed by atoms with Crippen molar-refractivity contribution in [3.63, 3.8) is 0 Å². The van der Waals surface area contributed by atoms with E-state index in [1.165, 1.54) is 86.2 Å². The van der Waals surface area contributed by atoms with E-state index in [1.54, 1.807) is 0 Å². The Morgan fingerprint density at radius 2 is 1.22 bits per heavy atom. The van der Waals surface area contributed by atoms with Gasteiger partial charge in [-0.15, -0.1) is 0 Å². The van der Waals surface area contributed by atoms with Crippen molar-refractivity contribution in [2.75, 3.05) is 0 Å². The van der Waals surface area contributed by atoms with Gasteiger partial charge in [0.1, 0.15) is 0 Å². The minimum Gasteiger partial charge on any atom is -0.0587 e. The van der Waals surface area contributed by atoms with Crippen LogP contribution in [0.15, 0.2) is 22.7 Å². The fourth-order valence-corrected chi connectivity index (χ4v) is 3.46. The smallest absolute Gasteiger partial charge is 0.0210 e. The summed E-state index contributed by atoms with van der Waals surface area (Å²) in [7, 11) is 0. The highest BCUT2D eigenvalue weighted by Gasteiger charge is 2.03. The number of halogens is 1. The highest BCUT2D eigenvalue weighted by Crippen LogP contribution is 2.23. The Labute approximate surface area is 120 Å². The van der Waals surface area contributed by atoms with Crippen LogP contribution in [-0.2, 0) is 12.8 Å². The molecule has 100 valence electrons. The third-order valence-corrected chi connectivity index (χ3v) is 4.77. The Hall–Kier alpha value is -0.300. The summed E-state index contributed by atoms with van der Waals surface area (Å²) in [4.78, 5) is 0. The van der Waals surface area contributed by atoms with Crippen LogP contribution in [0.2, 0.25) is 0 Å². The van der Waals surface area contributed by atoms with Gasteiger partial charge in [-0.25, -0.2) is 0 Å². The SMILES string of the molecule is Brc1cc2ccc1CCCCCCCCCCC2. The molecule has 2 aliphatic carbocycles. The Balaban J connectivity index is 1.97. The second-order valence-corrected chi connectivity index (χ2v) is 6.46. The fourth-order valence-electron chi connectivity index (χ4n) is 2.83. The lowest BCUT2D eigenvalue weighted by Crippen LogP contribution is -1.91. The average molecular weight is 309 g/mol. The van der Waals surface area contributed by atoms with Crippen molar-refractivity contribution >= 4 is 15.9 Å². The van der Waals surface area contributed by atoms with Crippen LogP contribution < -0.4 is 0 Å². The van der Waals surface area contributed by atoms with Gasteiger partial charge in [-0.05, 0) is 42.9 Å². The Bertz CT molecular complexity index is 357. The molecule has 0 spiro atoms. The van der Waals surface area contributed by atoms with Crippen LogP contribution in [0.1, 0.15) is 68.9 Å². The van der Waals surface area contributed by atoms with Gasteiger partial charge in [0.25, 0.3) is 0 Å². The molecule has 0 saturated carbocycles. The Morgan fingerprint density at radius 3 is 1.83 bits per heavy atom. The first-order valence-corrected chi connectivity index (χ1v) is 8.43. The molecule has 0 atom stereocenters. The summed E-state index contributed by atoms with van der Waals surface area (Å²) in [5, 5.41) is 0. The molecular formula is C17H25Br. The van der Waals surface area contributed by atoms with Gasteiger partial charge in [0.2, 0.25) is 0 Å². The van der Waals surface area contributed by atoms with E-state index in [0.717, 1.165) is 0 Å². The first-order chi connectivity index (χ1) is 8.86. The molecule has 0 N–H and O–H groups in total. The summed E-state index contributed by atoms with van der Waals surface area (Å²) in [6.45, 7) is 0. The van der Waals surface area contributed by atoms with Crippen molar-refractivity contribution in [2.24, 2.45) is 0 Å². The van der Waals surface area contributed by atoms with Gasteiger partial charge >= 0.3 is 0 Å². The van der Waals surface area contributed by atoms with Gasteiger partial charge < -0.3 is 0 Å². The molecule has 18 heavy (non-hydrogen) atoms. The highest BCUT2D eigenvalue weighted by atomic mass is 79.9. The van der Waals surface area contributed by atoms with E-state index in [4.69, 9.17) is 0 Å². The lowest BCUT2D eigenvalue weighted by atomic mass is 10.0. The first kappa shape index (κ1) is 14.1. The summed E-state index contributed by atoms with van der Waals surface area (Å²) in [5.74, 6) is 0. The third kappa shape index (κ3) is 4.76. The third-order valence-electron chi connectivity index (χ3n) is 4.03. The normalized spacial score (nSPS) is 19.2. The summed E-state index contributed by atoms with van der Waals surface area (Å²) >= 11 is 3.74. The van der Waals surface area contributed by atoms with Crippen LogP contribution in [0.4, 0.5) is 0 Å². The molecule has 3 rings (SSSR count). The van der Waals surface area contributed by atoms with E-state index in [9.17, 15) is 0 Å². The molecule has 1 aromatic carbocycles. The Kier molecular flexibility index (Phi) is 6.26. The van der Waals surface area contributed by atoms with Crippen LogP contribution in [0, 0.1) is 0 Å². The summed E-state index contributed by atoms with van der Waals surface area (Å²) < 4.78 is 1.33. The van der Waals surface area contributed by atoms with Crippen LogP contribution in [0.5, 0.6) is 0 Å². The zero-order valence-corrected chi connectivity index (χ0v) is 13.0. The zero-order valence-electron chi connectivity index (χ0n) is 11.4. The molecule has 1 aromatic rings. The van der Waals surface area contributed by atoms with E-state index in [-0.39, 0.29) is 0 Å². The molecule has 0 nitrogen and oxygen atoms in total. The lowest BCUT2D eigenvalue weighted by molar-refractivity contribution is 0.559. The minimum absolute atomic E-state index is 1.24. The number of aryl methyl sites for hydroxylation is 2. The van der Waals surface area contributed by atoms with E-state index < -0.39 is 0 Å². The predicted octanol–water partition coefficient (Wildman–Crippen LogP) is 6.06. The standard InChI is InChI=1S/C17H25Br/c18-17-14-15-10-8-6-4-2-1-3-5-7-9-11-16(17)13-12-15/h12-14H,1-11H2. The highest BCUT2D eigenvalue weighted by molar-refractivity contribution is 9.10. The van der Waals surface area contributed by atoms with Crippen molar-refractivity contribution < 1.29 is 0 Å². The van der Waals surface area contributed by atoms with E-state index in [1.807, 2.05) is 0 Å². The maximum Gasteiger partial charge on any atom is 0.0210 e. The van der Waals surface area contributed by atoms with Gasteiger partial charge in [-0.1, -0.05) is 73.0 Å². The maximum absolute atomic E-state index is 3.74. The largest absolute Gasteiger partial charge is 0.0587 e. The molecule has 0 aliphatic heterocycles. The van der Waals surface area contributed by atoms with Gasteiger partial charge in [0.15, 0.2) is 0 Å². The molecule has 0 heterocycles. The second-order valence-electron chi connectivity index (χ2n) is 5.61. The Morgan fingerprint density at radius 1 is 0.667 bits per heavy atom. The summed E-state index contributed by atoms with van der Waals surface area (Å²) in [6.07, 6.45) is 15.2. The van der Waals surface area contributed by atoms with Gasteiger partial charge in [-0.2, -0.15) is 0 Å². The minimum atomic E-state index is 1.24. The molecule has 0 radical (unpaired) electrons. The van der Waals surface area contributed by atoms with Crippen molar-refractivity contribution in [1.29, 1.82) is 0 Å². The fraction of sp³-hybridized carbons (Fsp3) is 0.647. The molecule has 1 heteroatoms. The molecule has 2 bridgehead atoms. The van der Waals surface area contributed by atoms with Crippen molar-refractivity contribution in [1.82, 2.24) is 0 Å². The number of hydrogen-bond acceptors (Lipinski definition) is 0. The molecule has 0 unspecified atom stereocenters. The van der Waals surface area contributed by atoms with Gasteiger partial charge in [0, 0.05) is 4.47 Å². The molecular weight excluding hydrogens is 284 g/mol. The van der Waals surface area contributed by atoms with Crippen molar-refractivity contribution in [2.45, 2.75) is 70.6 Å². The van der Waals surface area contributed by atoms with Crippen molar-refractivity contribution in [3.8, 4) is 0 Å². The van der Waals surface area contributed by atoms with E-state index in [0.29, 0.717) is 0 Å². The number of fused-ring (bicyclic) bond motifs is 12. The van der Waals surface area contributed by atoms with Gasteiger partial charge in [0.05, 0.1) is 0 Å². The van der Waals surface area contributed by atoms with Gasteiger partial charge in [-0.3, -0.25) is 0 Å². The lowest BCUT2D eigenvalue weighted by Gasteiger charge is -2.07. The maximum atomic E-state index is 3.74. The first-order valence-electron chi connectivity index (χ1n) is 7.63. The van der Waals surface area contributed by atoms with Crippen LogP contribution in [-0.4, -0.2) is 0 Å². The average Bonchev–Trinajstić information content (AvgIpc) is 2.38. The molecule has 0 fully saturated rings. The van der Waals surface area contributed by atoms with Crippen molar-refractivity contribution in [3.05, 3.63) is 33.8 Å². The van der Waals surface area contributed by atoms with Crippen LogP contribution in [0.25, 0.3) is 0 Å². The molecule has 2 aliphatic rings. The quantitative estimate of drug-likeness (QED) is 0.546. The van der Waals surface area contributed by atoms with Crippen LogP contribution >= 0.6 is 15.9 Å². The number of rotatable bonds is 0. The number of benzene rings is 1. The molecule has 0 saturated heterocycles. The molecule has 0 amide bonds. The summed E-state index contributed by atoms with van der Waals surface area (Å²) in [5.41, 5.74) is 2.99. The monoisotopic (exact) mass is 308 g/mol. The van der Waals surface area contributed by atoms with Crippen LogP contribution in [0.3, 0.4) is 0 Å². The van der Waals surface area contributed by atoms with E-state index in [2.05, 4.69) is 34.1 Å².